The van der Waals surface area contributed by atoms with Crippen LogP contribution in [-0.4, -0.2) is 36.0 Å². The summed E-state index contributed by atoms with van der Waals surface area (Å²) < 4.78 is 26.5. The predicted molar refractivity (Wildman–Crippen MR) is 67.9 cm³/mol. The normalized spacial score (nSPS) is 32.0. The zero-order valence-corrected chi connectivity index (χ0v) is 11.2. The lowest BCUT2D eigenvalue weighted by Crippen LogP contribution is -2.37. The number of nitrogens with zero attached hydrogens (tertiary/aromatic N) is 1. The molecule has 0 amide bonds. The summed E-state index contributed by atoms with van der Waals surface area (Å²) in [6, 6.07) is 5.87. The molecule has 2 bridgehead atoms. The maximum absolute atomic E-state index is 12.5. The van der Waals surface area contributed by atoms with Crippen LogP contribution in [-0.2, 0) is 10.0 Å². The highest BCUT2D eigenvalue weighted by atomic mass is 35.5. The Morgan fingerprint density at radius 2 is 1.89 bits per heavy atom. The van der Waals surface area contributed by atoms with Crippen LogP contribution in [0.3, 0.4) is 0 Å². The quantitative estimate of drug-likeness (QED) is 0.899. The smallest absolute Gasteiger partial charge is 0.243 e. The first kappa shape index (κ1) is 12.4. The van der Waals surface area contributed by atoms with E-state index in [1.54, 1.807) is 12.1 Å². The molecule has 4 nitrogen and oxygen atoms in total. The van der Waals surface area contributed by atoms with E-state index in [4.69, 9.17) is 11.6 Å². The van der Waals surface area contributed by atoms with Crippen molar-refractivity contribution in [3.05, 3.63) is 29.3 Å². The number of aliphatic hydroxyl groups is 1. The van der Waals surface area contributed by atoms with Crippen LogP contribution in [0.4, 0.5) is 0 Å². The number of hydrogen-bond acceptors (Lipinski definition) is 3. The summed E-state index contributed by atoms with van der Waals surface area (Å²) in [6.45, 7) is 0. The number of fused-ring (bicyclic) bond motifs is 2. The molecule has 0 saturated carbocycles. The van der Waals surface area contributed by atoms with Gasteiger partial charge in [0.2, 0.25) is 10.0 Å². The molecule has 98 valence electrons. The van der Waals surface area contributed by atoms with Crippen molar-refractivity contribution >= 4 is 21.6 Å². The average molecular weight is 288 g/mol. The number of sulfonamides is 1. The number of aliphatic hydroxyl groups excluding tert-OH is 1. The predicted octanol–water partition coefficient (Wildman–Crippen LogP) is 1.63. The molecule has 18 heavy (non-hydrogen) atoms. The fourth-order valence-electron chi connectivity index (χ4n) is 3.01. The molecule has 2 aliphatic heterocycles. The van der Waals surface area contributed by atoms with Gasteiger partial charge < -0.3 is 5.11 Å². The van der Waals surface area contributed by atoms with Crippen molar-refractivity contribution in [1.29, 1.82) is 0 Å². The Balaban J connectivity index is 1.99. The molecule has 0 aliphatic carbocycles. The Morgan fingerprint density at radius 1 is 1.22 bits per heavy atom. The van der Waals surface area contributed by atoms with Crippen LogP contribution in [0.15, 0.2) is 29.2 Å². The van der Waals surface area contributed by atoms with Crippen LogP contribution >= 0.6 is 11.6 Å². The molecule has 2 unspecified atom stereocenters. The van der Waals surface area contributed by atoms with Crippen LogP contribution in [0, 0.1) is 0 Å². The molecule has 0 aromatic heterocycles. The highest BCUT2D eigenvalue weighted by Gasteiger charge is 2.51. The van der Waals surface area contributed by atoms with Crippen LogP contribution in [0.2, 0.25) is 5.02 Å². The van der Waals surface area contributed by atoms with E-state index in [0.29, 0.717) is 11.4 Å². The second-order valence-electron chi connectivity index (χ2n) is 4.89. The standard InChI is InChI=1S/C12H14ClNO3S/c13-8-1-4-10(5-2-8)18(16,17)14-9-3-6-11(14)12(15)7-9/h1-2,4-5,9,11-12,15H,3,6-7H2/t9-,11?,12?/m1/s1. The summed E-state index contributed by atoms with van der Waals surface area (Å²) in [4.78, 5) is 0.248. The lowest BCUT2D eigenvalue weighted by atomic mass is 9.98. The minimum Gasteiger partial charge on any atom is -0.391 e. The summed E-state index contributed by atoms with van der Waals surface area (Å²) >= 11 is 5.77. The van der Waals surface area contributed by atoms with Crippen LogP contribution in [0.5, 0.6) is 0 Å². The van der Waals surface area contributed by atoms with E-state index in [0.717, 1.165) is 12.8 Å². The summed E-state index contributed by atoms with van der Waals surface area (Å²) in [6.07, 6.45) is 1.62. The summed E-state index contributed by atoms with van der Waals surface area (Å²) in [7, 11) is -3.51. The van der Waals surface area contributed by atoms with Crippen molar-refractivity contribution in [3.63, 3.8) is 0 Å². The van der Waals surface area contributed by atoms with Crippen molar-refractivity contribution in [3.8, 4) is 0 Å². The lowest BCUT2D eigenvalue weighted by Gasteiger charge is -2.22. The summed E-state index contributed by atoms with van der Waals surface area (Å²) in [5.41, 5.74) is 0. The van der Waals surface area contributed by atoms with Crippen molar-refractivity contribution in [1.82, 2.24) is 4.31 Å². The summed E-state index contributed by atoms with van der Waals surface area (Å²) in [5, 5.41) is 10.3. The van der Waals surface area contributed by atoms with Gasteiger partial charge in [0.05, 0.1) is 17.0 Å². The maximum atomic E-state index is 12.5. The molecule has 2 fully saturated rings. The van der Waals surface area contributed by atoms with Gasteiger partial charge in [0, 0.05) is 11.1 Å². The van der Waals surface area contributed by atoms with Crippen LogP contribution < -0.4 is 0 Å². The Kier molecular flexibility index (Phi) is 2.90. The summed E-state index contributed by atoms with van der Waals surface area (Å²) in [5.74, 6) is 0. The SMILES string of the molecule is O=S(=O)(c1ccc(Cl)cc1)N1C2CC[C@@H]1CC2O. The Hall–Kier alpha value is -0.620. The monoisotopic (exact) mass is 287 g/mol. The topological polar surface area (TPSA) is 57.6 Å². The third kappa shape index (κ3) is 1.77. The van der Waals surface area contributed by atoms with Gasteiger partial charge >= 0.3 is 0 Å². The lowest BCUT2D eigenvalue weighted by molar-refractivity contribution is 0.137. The molecule has 3 atom stereocenters. The molecule has 1 aromatic rings. The Bertz CT molecular complexity index is 557. The molecule has 2 saturated heterocycles. The van der Waals surface area contributed by atoms with Crippen molar-refractivity contribution < 1.29 is 13.5 Å². The Labute approximate surface area is 111 Å². The molecular weight excluding hydrogens is 274 g/mol. The van der Waals surface area contributed by atoms with Gasteiger partial charge in [-0.3, -0.25) is 0 Å². The Morgan fingerprint density at radius 3 is 2.39 bits per heavy atom. The van der Waals surface area contributed by atoms with E-state index in [9.17, 15) is 13.5 Å². The first-order valence-electron chi connectivity index (χ1n) is 5.97. The molecule has 0 spiro atoms. The van der Waals surface area contributed by atoms with E-state index < -0.39 is 16.1 Å². The fraction of sp³-hybridized carbons (Fsp3) is 0.500. The fourth-order valence-corrected chi connectivity index (χ4v) is 5.05. The van der Waals surface area contributed by atoms with Crippen LogP contribution in [0.1, 0.15) is 19.3 Å². The zero-order valence-electron chi connectivity index (χ0n) is 9.66. The molecule has 3 rings (SSSR count). The van der Waals surface area contributed by atoms with E-state index >= 15 is 0 Å². The largest absolute Gasteiger partial charge is 0.391 e. The molecule has 2 heterocycles. The number of halogens is 1. The second-order valence-corrected chi connectivity index (χ2v) is 7.17. The van der Waals surface area contributed by atoms with E-state index in [-0.39, 0.29) is 17.0 Å². The van der Waals surface area contributed by atoms with Crippen LogP contribution in [0.25, 0.3) is 0 Å². The van der Waals surface area contributed by atoms with Gasteiger partial charge in [-0.15, -0.1) is 0 Å². The minimum atomic E-state index is -3.51. The van der Waals surface area contributed by atoms with Gasteiger partial charge in [0.25, 0.3) is 0 Å². The molecular formula is C12H14ClNO3S. The van der Waals surface area contributed by atoms with E-state index in [1.165, 1.54) is 16.4 Å². The van der Waals surface area contributed by atoms with Crippen molar-refractivity contribution in [2.75, 3.05) is 0 Å². The average Bonchev–Trinajstić information content (AvgIpc) is 2.86. The van der Waals surface area contributed by atoms with Gasteiger partial charge in [0.1, 0.15) is 0 Å². The van der Waals surface area contributed by atoms with Gasteiger partial charge in [-0.1, -0.05) is 11.6 Å². The molecule has 2 aliphatic rings. The third-order valence-electron chi connectivity index (χ3n) is 3.83. The first-order chi connectivity index (χ1) is 8.50. The number of benzene rings is 1. The zero-order chi connectivity index (χ0) is 12.9. The molecule has 0 radical (unpaired) electrons. The molecule has 6 heteroatoms. The number of rotatable bonds is 2. The highest BCUT2D eigenvalue weighted by Crippen LogP contribution is 2.41. The minimum absolute atomic E-state index is 0.0503. The van der Waals surface area contributed by atoms with Crippen molar-refractivity contribution in [2.45, 2.75) is 42.3 Å². The second kappa shape index (κ2) is 4.20. The maximum Gasteiger partial charge on any atom is 0.243 e. The van der Waals surface area contributed by atoms with Gasteiger partial charge in [-0.05, 0) is 43.5 Å². The van der Waals surface area contributed by atoms with E-state index in [1.807, 2.05) is 0 Å². The first-order valence-corrected chi connectivity index (χ1v) is 7.79. The van der Waals surface area contributed by atoms with E-state index in [2.05, 4.69) is 0 Å². The number of hydrogen-bond donors (Lipinski definition) is 1. The molecule has 1 aromatic carbocycles. The van der Waals surface area contributed by atoms with Gasteiger partial charge in [0.15, 0.2) is 0 Å². The molecule has 1 N–H and O–H groups in total. The van der Waals surface area contributed by atoms with Crippen molar-refractivity contribution in [2.24, 2.45) is 0 Å². The third-order valence-corrected chi connectivity index (χ3v) is 6.07. The highest BCUT2D eigenvalue weighted by molar-refractivity contribution is 7.89. The van der Waals surface area contributed by atoms with Gasteiger partial charge in [-0.2, -0.15) is 4.31 Å². The van der Waals surface area contributed by atoms with Gasteiger partial charge in [-0.25, -0.2) is 8.42 Å².